The summed E-state index contributed by atoms with van der Waals surface area (Å²) in [5.41, 5.74) is 2.30. The van der Waals surface area contributed by atoms with Gasteiger partial charge in [0.25, 0.3) is 0 Å². The number of rotatable bonds is 6. The van der Waals surface area contributed by atoms with Crippen LogP contribution < -0.4 is 10.1 Å². The Labute approximate surface area is 197 Å². The summed E-state index contributed by atoms with van der Waals surface area (Å²) in [7, 11) is 0. The molecule has 0 unspecified atom stereocenters. The summed E-state index contributed by atoms with van der Waals surface area (Å²) in [4.78, 5) is 28.3. The van der Waals surface area contributed by atoms with E-state index in [-0.39, 0.29) is 23.8 Å². The molecule has 1 amide bonds. The summed E-state index contributed by atoms with van der Waals surface area (Å²) in [6, 6.07) is 14.3. The van der Waals surface area contributed by atoms with Crippen LogP contribution in [0.25, 0.3) is 21.2 Å². The Hall–Kier alpha value is -2.74. The van der Waals surface area contributed by atoms with Gasteiger partial charge in [0, 0.05) is 30.0 Å². The Morgan fingerprint density at radius 2 is 1.97 bits per heavy atom. The van der Waals surface area contributed by atoms with Gasteiger partial charge in [-0.1, -0.05) is 18.2 Å². The summed E-state index contributed by atoms with van der Waals surface area (Å²) in [5, 5.41) is 5.40. The number of ether oxygens (including phenoxy) is 2. The number of ketones is 1. The Morgan fingerprint density at radius 3 is 2.73 bits per heavy atom. The first-order valence-corrected chi connectivity index (χ1v) is 12.2. The quantitative estimate of drug-likeness (QED) is 0.560. The van der Waals surface area contributed by atoms with Crippen LogP contribution in [-0.2, 0) is 16.0 Å². The lowest BCUT2D eigenvalue weighted by Crippen LogP contribution is -2.50. The zero-order valence-corrected chi connectivity index (χ0v) is 19.7. The van der Waals surface area contributed by atoms with Crippen molar-refractivity contribution >= 4 is 33.8 Å². The molecule has 2 aliphatic rings. The normalized spacial score (nSPS) is 19.2. The lowest BCUT2D eigenvalue weighted by atomic mass is 9.98. The second-order valence-corrected chi connectivity index (χ2v) is 9.80. The first kappa shape index (κ1) is 22.1. The number of fused-ring (bicyclic) bond motifs is 3. The van der Waals surface area contributed by atoms with Crippen molar-refractivity contribution in [3.63, 3.8) is 0 Å². The van der Waals surface area contributed by atoms with Crippen molar-refractivity contribution in [3.05, 3.63) is 52.9 Å². The van der Waals surface area contributed by atoms with Crippen molar-refractivity contribution in [1.82, 2.24) is 10.2 Å². The van der Waals surface area contributed by atoms with E-state index in [4.69, 9.17) is 9.47 Å². The number of thiophene rings is 1. The molecule has 1 saturated heterocycles. The van der Waals surface area contributed by atoms with Crippen LogP contribution in [-0.4, -0.2) is 61.6 Å². The monoisotopic (exact) mass is 464 g/mol. The molecule has 5 rings (SSSR count). The Morgan fingerprint density at radius 1 is 1.15 bits per heavy atom. The van der Waals surface area contributed by atoms with Gasteiger partial charge >= 0.3 is 0 Å². The summed E-state index contributed by atoms with van der Waals surface area (Å²) >= 11 is 1.53. The molecule has 6 nitrogen and oxygen atoms in total. The number of amides is 1. The van der Waals surface area contributed by atoms with Crippen LogP contribution in [0.4, 0.5) is 0 Å². The van der Waals surface area contributed by atoms with E-state index in [1.54, 1.807) is 6.92 Å². The third-order valence-electron chi connectivity index (χ3n) is 6.53. The van der Waals surface area contributed by atoms with Gasteiger partial charge in [-0.2, -0.15) is 0 Å². The van der Waals surface area contributed by atoms with Crippen LogP contribution in [0.15, 0.2) is 42.5 Å². The first-order chi connectivity index (χ1) is 16.0. The molecule has 3 aromatic rings. The van der Waals surface area contributed by atoms with Gasteiger partial charge in [0.15, 0.2) is 5.78 Å². The molecule has 1 aromatic heterocycles. The standard InChI is InChI=1S/C26H28N2O4S/c1-16(28-9-11-31-12-10-28)26(30)27-15-20-14-22-21-5-3-19(13-18(21)4-6-23(22)32-20)25-8-7-24(33-25)17(2)29/h3-8,13,16,20H,9-12,14-15H2,1-2H3,(H,27,30)/t16-,20+/m1/s1. The van der Waals surface area contributed by atoms with Gasteiger partial charge in [0.2, 0.25) is 5.91 Å². The highest BCUT2D eigenvalue weighted by molar-refractivity contribution is 7.17. The fourth-order valence-corrected chi connectivity index (χ4v) is 5.48. The van der Waals surface area contributed by atoms with Crippen LogP contribution in [0.2, 0.25) is 0 Å². The van der Waals surface area contributed by atoms with Gasteiger partial charge in [-0.3, -0.25) is 14.5 Å². The van der Waals surface area contributed by atoms with Gasteiger partial charge in [0.1, 0.15) is 11.9 Å². The van der Waals surface area contributed by atoms with E-state index in [0.717, 1.165) is 46.0 Å². The van der Waals surface area contributed by atoms with Crippen LogP contribution in [0.3, 0.4) is 0 Å². The molecule has 0 radical (unpaired) electrons. The number of carbonyl (C=O) groups excluding carboxylic acids is 2. The smallest absolute Gasteiger partial charge is 0.237 e. The molecule has 1 fully saturated rings. The predicted octanol–water partition coefficient (Wildman–Crippen LogP) is 3.91. The third kappa shape index (κ3) is 4.53. The molecule has 33 heavy (non-hydrogen) atoms. The van der Waals surface area contributed by atoms with Crippen molar-refractivity contribution in [2.75, 3.05) is 32.8 Å². The van der Waals surface area contributed by atoms with E-state index < -0.39 is 0 Å². The van der Waals surface area contributed by atoms with E-state index in [2.05, 4.69) is 34.5 Å². The topological polar surface area (TPSA) is 67.9 Å². The fourth-order valence-electron chi connectivity index (χ4n) is 4.59. The molecule has 0 aliphatic carbocycles. The Balaban J connectivity index is 1.26. The molecule has 2 aromatic carbocycles. The highest BCUT2D eigenvalue weighted by Crippen LogP contribution is 2.37. The zero-order chi connectivity index (χ0) is 22.9. The van der Waals surface area contributed by atoms with Crippen molar-refractivity contribution in [3.8, 4) is 16.2 Å². The fraction of sp³-hybridized carbons (Fsp3) is 0.385. The van der Waals surface area contributed by atoms with Crippen LogP contribution in [0, 0.1) is 0 Å². The van der Waals surface area contributed by atoms with Crippen molar-refractivity contribution in [2.45, 2.75) is 32.4 Å². The molecule has 2 aliphatic heterocycles. The predicted molar refractivity (Wildman–Crippen MR) is 130 cm³/mol. The second-order valence-electron chi connectivity index (χ2n) is 8.71. The molecular formula is C26H28N2O4S. The molecule has 7 heteroatoms. The minimum absolute atomic E-state index is 0.0341. The van der Waals surface area contributed by atoms with E-state index in [9.17, 15) is 9.59 Å². The third-order valence-corrected chi connectivity index (χ3v) is 7.76. The average molecular weight is 465 g/mol. The number of nitrogens with zero attached hydrogens (tertiary/aromatic N) is 1. The van der Waals surface area contributed by atoms with E-state index in [1.807, 2.05) is 25.1 Å². The van der Waals surface area contributed by atoms with E-state index >= 15 is 0 Å². The lowest BCUT2D eigenvalue weighted by molar-refractivity contribution is -0.127. The summed E-state index contributed by atoms with van der Waals surface area (Å²) in [5.74, 6) is 1.03. The minimum Gasteiger partial charge on any atom is -0.488 e. The van der Waals surface area contributed by atoms with Crippen molar-refractivity contribution in [2.24, 2.45) is 0 Å². The van der Waals surface area contributed by atoms with Crippen LogP contribution in [0.5, 0.6) is 5.75 Å². The lowest BCUT2D eigenvalue weighted by Gasteiger charge is -2.31. The SMILES string of the molecule is CC(=O)c1ccc(-c2ccc3c4c(ccc3c2)O[C@H](CNC(=O)[C@@H](C)N2CCOCC2)C4)s1. The number of benzene rings is 2. The Kier molecular flexibility index (Phi) is 6.19. The highest BCUT2D eigenvalue weighted by Gasteiger charge is 2.27. The maximum atomic E-state index is 12.6. The van der Waals surface area contributed by atoms with Gasteiger partial charge in [-0.15, -0.1) is 11.3 Å². The van der Waals surface area contributed by atoms with E-state index in [1.165, 1.54) is 22.3 Å². The molecule has 172 valence electrons. The van der Waals surface area contributed by atoms with Crippen LogP contribution >= 0.6 is 11.3 Å². The van der Waals surface area contributed by atoms with Crippen LogP contribution in [0.1, 0.15) is 29.1 Å². The summed E-state index contributed by atoms with van der Waals surface area (Å²) < 4.78 is 11.5. The number of hydrogen-bond acceptors (Lipinski definition) is 6. The number of morpholine rings is 1. The maximum Gasteiger partial charge on any atom is 0.237 e. The van der Waals surface area contributed by atoms with Crippen molar-refractivity contribution in [1.29, 1.82) is 0 Å². The largest absolute Gasteiger partial charge is 0.488 e. The van der Waals surface area contributed by atoms with Crippen molar-refractivity contribution < 1.29 is 19.1 Å². The first-order valence-electron chi connectivity index (χ1n) is 11.4. The Bertz CT molecular complexity index is 1200. The zero-order valence-electron chi connectivity index (χ0n) is 18.9. The minimum atomic E-state index is -0.169. The number of nitrogens with one attached hydrogen (secondary N) is 1. The average Bonchev–Trinajstić information content (AvgIpc) is 3.50. The van der Waals surface area contributed by atoms with Gasteiger partial charge in [-0.25, -0.2) is 0 Å². The molecule has 3 heterocycles. The summed E-state index contributed by atoms with van der Waals surface area (Å²) in [6.07, 6.45) is 0.702. The molecule has 0 bridgehead atoms. The molecule has 0 saturated carbocycles. The number of Topliss-reactive ketones (excluding diaryl/α,β-unsaturated/α-hetero) is 1. The molecule has 1 N–H and O–H groups in total. The number of carbonyl (C=O) groups is 2. The van der Waals surface area contributed by atoms with E-state index in [0.29, 0.717) is 19.8 Å². The molecule has 2 atom stereocenters. The van der Waals surface area contributed by atoms with Gasteiger partial charge in [0.05, 0.1) is 30.7 Å². The highest BCUT2D eigenvalue weighted by atomic mass is 32.1. The maximum absolute atomic E-state index is 12.6. The molecular weight excluding hydrogens is 436 g/mol. The molecule has 0 spiro atoms. The number of hydrogen-bond donors (Lipinski definition) is 1. The van der Waals surface area contributed by atoms with Gasteiger partial charge in [-0.05, 0) is 54.4 Å². The summed E-state index contributed by atoms with van der Waals surface area (Å²) in [6.45, 7) is 6.97. The van der Waals surface area contributed by atoms with Gasteiger partial charge < -0.3 is 14.8 Å². The second kappa shape index (κ2) is 9.25.